The molecule has 0 aliphatic heterocycles. The molecule has 0 aliphatic carbocycles. The molecular formula is C18H20O. The van der Waals surface area contributed by atoms with Crippen LogP contribution in [-0.2, 0) is 4.74 Å². The highest BCUT2D eigenvalue weighted by atomic mass is 16.5. The number of benzene rings is 2. The normalized spacial score (nSPS) is 12.7. The Kier molecular flexibility index (Phi) is 4.93. The lowest BCUT2D eigenvalue weighted by Crippen LogP contribution is -1.99. The molecular weight excluding hydrogens is 232 g/mol. The van der Waals surface area contributed by atoms with E-state index >= 15 is 0 Å². The van der Waals surface area contributed by atoms with Gasteiger partial charge in [-0.1, -0.05) is 72.3 Å². The summed E-state index contributed by atoms with van der Waals surface area (Å²) in [4.78, 5) is 0. The Labute approximate surface area is 115 Å². The van der Waals surface area contributed by atoms with Crippen LogP contribution in [0, 0.1) is 6.92 Å². The van der Waals surface area contributed by atoms with Crippen molar-refractivity contribution in [3.05, 3.63) is 77.4 Å². The third-order valence-electron chi connectivity index (χ3n) is 3.10. The molecule has 1 atom stereocenters. The quantitative estimate of drug-likeness (QED) is 0.743. The molecule has 0 aliphatic rings. The summed E-state index contributed by atoms with van der Waals surface area (Å²) >= 11 is 0. The van der Waals surface area contributed by atoms with E-state index in [0.29, 0.717) is 6.61 Å². The fraction of sp³-hybridized carbons (Fsp3) is 0.222. The first kappa shape index (κ1) is 13.6. The minimum atomic E-state index is 0.129. The van der Waals surface area contributed by atoms with Crippen LogP contribution in [0.5, 0.6) is 0 Å². The predicted molar refractivity (Wildman–Crippen MR) is 81.0 cm³/mol. The number of ether oxygens (including phenoxy) is 1. The maximum Gasteiger partial charge on any atom is 0.0801 e. The van der Waals surface area contributed by atoms with Crippen LogP contribution in [0.1, 0.15) is 29.7 Å². The second-order valence-electron chi connectivity index (χ2n) is 4.70. The average molecular weight is 252 g/mol. The molecule has 1 unspecified atom stereocenters. The highest BCUT2D eigenvalue weighted by Gasteiger charge is 2.02. The maximum atomic E-state index is 5.79. The first-order chi connectivity index (χ1) is 9.25. The molecule has 0 spiro atoms. The Bertz CT molecular complexity index is 511. The summed E-state index contributed by atoms with van der Waals surface area (Å²) in [6.07, 6.45) is 4.28. The van der Waals surface area contributed by atoms with E-state index < -0.39 is 0 Å². The second-order valence-corrected chi connectivity index (χ2v) is 4.70. The molecule has 2 rings (SSSR count). The molecule has 0 N–H and O–H groups in total. The van der Waals surface area contributed by atoms with E-state index in [1.807, 2.05) is 18.2 Å². The molecule has 1 nitrogen and oxygen atoms in total. The van der Waals surface area contributed by atoms with Gasteiger partial charge in [0, 0.05) is 0 Å². The van der Waals surface area contributed by atoms with Crippen molar-refractivity contribution in [1.29, 1.82) is 0 Å². The Morgan fingerprint density at radius 1 is 1.00 bits per heavy atom. The Hall–Kier alpha value is -1.86. The summed E-state index contributed by atoms with van der Waals surface area (Å²) in [6, 6.07) is 18.8. The number of aryl methyl sites for hydroxylation is 1. The van der Waals surface area contributed by atoms with Crippen molar-refractivity contribution in [1.82, 2.24) is 0 Å². The zero-order valence-corrected chi connectivity index (χ0v) is 11.5. The molecule has 2 aromatic rings. The topological polar surface area (TPSA) is 9.23 Å². The van der Waals surface area contributed by atoms with Crippen LogP contribution in [0.4, 0.5) is 0 Å². The standard InChI is InChI=1S/C18H20O/c1-15-10-12-17(13-11-15)7-6-14-19-16(2)18-8-4-3-5-9-18/h3-13,16H,14H2,1-2H3/b7-6+. The van der Waals surface area contributed by atoms with E-state index in [1.165, 1.54) is 16.7 Å². The van der Waals surface area contributed by atoms with Crippen molar-refractivity contribution in [2.75, 3.05) is 6.61 Å². The molecule has 0 aromatic heterocycles. The molecule has 0 heterocycles. The van der Waals surface area contributed by atoms with Crippen LogP contribution in [0.15, 0.2) is 60.7 Å². The van der Waals surface area contributed by atoms with Crippen LogP contribution in [-0.4, -0.2) is 6.61 Å². The molecule has 2 aromatic carbocycles. The summed E-state index contributed by atoms with van der Waals surface area (Å²) < 4.78 is 5.79. The molecule has 98 valence electrons. The SMILES string of the molecule is Cc1ccc(/C=C/COC(C)c2ccccc2)cc1. The van der Waals surface area contributed by atoms with Crippen molar-refractivity contribution >= 4 is 6.08 Å². The molecule has 1 heteroatoms. The van der Waals surface area contributed by atoms with E-state index in [0.717, 1.165) is 0 Å². The minimum absolute atomic E-state index is 0.129. The maximum absolute atomic E-state index is 5.79. The van der Waals surface area contributed by atoms with Gasteiger partial charge in [0.1, 0.15) is 0 Å². The zero-order valence-electron chi connectivity index (χ0n) is 11.5. The highest BCUT2D eigenvalue weighted by molar-refractivity contribution is 5.49. The van der Waals surface area contributed by atoms with Gasteiger partial charge in [-0.25, -0.2) is 0 Å². The monoisotopic (exact) mass is 252 g/mol. The van der Waals surface area contributed by atoms with E-state index in [-0.39, 0.29) is 6.10 Å². The van der Waals surface area contributed by atoms with Crippen LogP contribution < -0.4 is 0 Å². The molecule has 0 fully saturated rings. The zero-order chi connectivity index (χ0) is 13.5. The van der Waals surface area contributed by atoms with Gasteiger partial charge in [0.05, 0.1) is 12.7 Å². The van der Waals surface area contributed by atoms with Crippen molar-refractivity contribution in [3.63, 3.8) is 0 Å². The lowest BCUT2D eigenvalue weighted by Gasteiger charge is -2.11. The van der Waals surface area contributed by atoms with Crippen LogP contribution in [0.3, 0.4) is 0 Å². The third-order valence-corrected chi connectivity index (χ3v) is 3.10. The van der Waals surface area contributed by atoms with Gasteiger partial charge in [-0.15, -0.1) is 0 Å². The smallest absolute Gasteiger partial charge is 0.0801 e. The Balaban J connectivity index is 1.82. The molecule has 0 saturated carbocycles. The van der Waals surface area contributed by atoms with Crippen LogP contribution in [0.2, 0.25) is 0 Å². The molecule has 0 amide bonds. The lowest BCUT2D eigenvalue weighted by molar-refractivity contribution is 0.0889. The van der Waals surface area contributed by atoms with Crippen molar-refractivity contribution in [2.24, 2.45) is 0 Å². The third kappa shape index (κ3) is 4.38. The summed E-state index contributed by atoms with van der Waals surface area (Å²) in [5.41, 5.74) is 3.71. The molecule has 0 bridgehead atoms. The average Bonchev–Trinajstić information content (AvgIpc) is 2.46. The van der Waals surface area contributed by atoms with Gasteiger partial charge >= 0.3 is 0 Å². The van der Waals surface area contributed by atoms with Crippen LogP contribution in [0.25, 0.3) is 6.08 Å². The Morgan fingerprint density at radius 2 is 1.68 bits per heavy atom. The fourth-order valence-electron chi connectivity index (χ4n) is 1.88. The summed E-state index contributed by atoms with van der Waals surface area (Å²) in [7, 11) is 0. The Morgan fingerprint density at radius 3 is 2.37 bits per heavy atom. The van der Waals surface area contributed by atoms with Crippen molar-refractivity contribution in [3.8, 4) is 0 Å². The minimum Gasteiger partial charge on any atom is -0.370 e. The van der Waals surface area contributed by atoms with E-state index in [9.17, 15) is 0 Å². The van der Waals surface area contributed by atoms with Gasteiger partial charge < -0.3 is 4.74 Å². The summed E-state index contributed by atoms with van der Waals surface area (Å²) in [6.45, 7) is 4.80. The first-order valence-corrected chi connectivity index (χ1v) is 6.65. The lowest BCUT2D eigenvalue weighted by atomic mass is 10.1. The molecule has 19 heavy (non-hydrogen) atoms. The summed E-state index contributed by atoms with van der Waals surface area (Å²) in [5.74, 6) is 0. The van der Waals surface area contributed by atoms with Crippen LogP contribution >= 0.6 is 0 Å². The highest BCUT2D eigenvalue weighted by Crippen LogP contribution is 2.15. The number of hydrogen-bond acceptors (Lipinski definition) is 1. The number of hydrogen-bond donors (Lipinski definition) is 0. The van der Waals surface area contributed by atoms with Gasteiger partial charge in [-0.3, -0.25) is 0 Å². The molecule has 0 saturated heterocycles. The van der Waals surface area contributed by atoms with E-state index in [2.05, 4.69) is 62.4 Å². The predicted octanol–water partition coefficient (Wildman–Crippen LogP) is 4.79. The van der Waals surface area contributed by atoms with E-state index in [1.54, 1.807) is 0 Å². The summed E-state index contributed by atoms with van der Waals surface area (Å²) in [5, 5.41) is 0. The fourth-order valence-corrected chi connectivity index (χ4v) is 1.88. The largest absolute Gasteiger partial charge is 0.370 e. The second kappa shape index (κ2) is 6.91. The van der Waals surface area contributed by atoms with Crippen molar-refractivity contribution < 1.29 is 4.74 Å². The molecule has 0 radical (unpaired) electrons. The van der Waals surface area contributed by atoms with Gasteiger partial charge in [0.2, 0.25) is 0 Å². The van der Waals surface area contributed by atoms with Gasteiger partial charge in [-0.2, -0.15) is 0 Å². The van der Waals surface area contributed by atoms with Gasteiger partial charge in [-0.05, 0) is 25.0 Å². The van der Waals surface area contributed by atoms with Gasteiger partial charge in [0.15, 0.2) is 0 Å². The first-order valence-electron chi connectivity index (χ1n) is 6.65. The van der Waals surface area contributed by atoms with E-state index in [4.69, 9.17) is 4.74 Å². The van der Waals surface area contributed by atoms with Crippen molar-refractivity contribution in [2.45, 2.75) is 20.0 Å². The number of rotatable bonds is 5. The van der Waals surface area contributed by atoms with Gasteiger partial charge in [0.25, 0.3) is 0 Å².